The molecule has 4 rings (SSSR count). The molecule has 2 heterocycles. The summed E-state index contributed by atoms with van der Waals surface area (Å²) in [5.41, 5.74) is 1.91. The number of aliphatic hydroxyl groups is 1. The first-order valence-corrected chi connectivity index (χ1v) is 12.3. The third-order valence-electron chi connectivity index (χ3n) is 6.02. The number of rotatable bonds is 9. The second-order valence-corrected chi connectivity index (χ2v) is 9.57. The summed E-state index contributed by atoms with van der Waals surface area (Å²) in [4.78, 5) is 35.3. The van der Waals surface area contributed by atoms with Gasteiger partial charge in [0.1, 0.15) is 36.1 Å². The topological polar surface area (TPSA) is 117 Å². The maximum Gasteiger partial charge on any atom is 0.325 e. The molecule has 0 saturated carbocycles. The predicted octanol–water partition coefficient (Wildman–Crippen LogP) is 3.87. The number of H-pyrrole nitrogens is 1. The quantitative estimate of drug-likeness (QED) is 0.251. The number of hydrogen-bond acceptors (Lipinski definition) is 6. The summed E-state index contributed by atoms with van der Waals surface area (Å²) >= 11 is 2.04. The van der Waals surface area contributed by atoms with Gasteiger partial charge in [-0.2, -0.15) is 0 Å². The number of carbonyl (C=O) groups is 2. The second kappa shape index (κ2) is 10.9. The number of nitrogens with one attached hydrogen (secondary N) is 2. The molecule has 1 aliphatic heterocycles. The van der Waals surface area contributed by atoms with Crippen LogP contribution >= 0.6 is 22.6 Å². The molecule has 0 spiro atoms. The highest BCUT2D eigenvalue weighted by Gasteiger charge is 2.46. The fourth-order valence-electron chi connectivity index (χ4n) is 4.16. The number of halogens is 2. The molecule has 1 aromatic heterocycles. The van der Waals surface area contributed by atoms with E-state index in [4.69, 9.17) is 14.6 Å². The SMILES string of the molecule is CO[C@H](C)[C@@H](c1nc(C)c(-c2ccc(I)cc2F)[nH]1)N1C(=O)N[C@H](c2ccc(OCCO)cc2)C1=O. The highest BCUT2D eigenvalue weighted by Crippen LogP contribution is 2.35. The normalized spacial score (nSPS) is 17.3. The highest BCUT2D eigenvalue weighted by atomic mass is 127. The number of hydrogen-bond donors (Lipinski definition) is 3. The number of imide groups is 1. The molecule has 3 N–H and O–H groups in total. The van der Waals surface area contributed by atoms with Crippen LogP contribution in [0.5, 0.6) is 5.75 Å². The third-order valence-corrected chi connectivity index (χ3v) is 6.69. The molecule has 1 aliphatic rings. The van der Waals surface area contributed by atoms with Gasteiger partial charge in [0.25, 0.3) is 5.91 Å². The van der Waals surface area contributed by atoms with E-state index < -0.39 is 35.9 Å². The van der Waals surface area contributed by atoms with Gasteiger partial charge in [-0.05, 0) is 72.3 Å². The zero-order chi connectivity index (χ0) is 26.0. The number of ether oxygens (including phenoxy) is 2. The van der Waals surface area contributed by atoms with E-state index in [9.17, 15) is 14.0 Å². The summed E-state index contributed by atoms with van der Waals surface area (Å²) in [5.74, 6) is -0.0209. The number of carbonyl (C=O) groups excluding carboxylic acids is 2. The molecule has 0 unspecified atom stereocenters. The molecule has 36 heavy (non-hydrogen) atoms. The van der Waals surface area contributed by atoms with Crippen LogP contribution in [0.4, 0.5) is 9.18 Å². The van der Waals surface area contributed by atoms with Crippen molar-refractivity contribution in [1.82, 2.24) is 20.2 Å². The molecule has 0 aliphatic carbocycles. The summed E-state index contributed by atoms with van der Waals surface area (Å²) < 4.78 is 26.3. The van der Waals surface area contributed by atoms with Gasteiger partial charge in [0.2, 0.25) is 0 Å². The average Bonchev–Trinajstić information content (AvgIpc) is 3.37. The van der Waals surface area contributed by atoms with E-state index in [1.807, 2.05) is 22.6 Å². The maximum atomic E-state index is 14.7. The van der Waals surface area contributed by atoms with Gasteiger partial charge < -0.3 is 24.9 Å². The lowest BCUT2D eigenvalue weighted by Crippen LogP contribution is -2.41. The number of aromatic nitrogens is 2. The molecular weight excluding hydrogens is 582 g/mol. The third kappa shape index (κ3) is 5.08. The van der Waals surface area contributed by atoms with E-state index >= 15 is 0 Å². The van der Waals surface area contributed by atoms with Crippen molar-refractivity contribution in [2.24, 2.45) is 0 Å². The molecule has 3 amide bonds. The van der Waals surface area contributed by atoms with Crippen molar-refractivity contribution in [1.29, 1.82) is 0 Å². The fourth-order valence-corrected chi connectivity index (χ4v) is 4.62. The fraction of sp³-hybridized carbons (Fsp3) is 0.320. The Kier molecular flexibility index (Phi) is 7.91. The number of aryl methyl sites for hydroxylation is 1. The van der Waals surface area contributed by atoms with Gasteiger partial charge in [-0.1, -0.05) is 12.1 Å². The number of benzene rings is 2. The lowest BCUT2D eigenvalue weighted by molar-refractivity contribution is -0.131. The van der Waals surface area contributed by atoms with E-state index in [1.165, 1.54) is 13.2 Å². The van der Waals surface area contributed by atoms with Gasteiger partial charge in [-0.25, -0.2) is 19.1 Å². The van der Waals surface area contributed by atoms with Crippen molar-refractivity contribution in [3.63, 3.8) is 0 Å². The van der Waals surface area contributed by atoms with E-state index in [1.54, 1.807) is 50.2 Å². The Balaban J connectivity index is 1.66. The molecule has 3 atom stereocenters. The minimum absolute atomic E-state index is 0.114. The van der Waals surface area contributed by atoms with Gasteiger partial charge >= 0.3 is 6.03 Å². The summed E-state index contributed by atoms with van der Waals surface area (Å²) in [6, 6.07) is 9.21. The summed E-state index contributed by atoms with van der Waals surface area (Å²) in [6.45, 7) is 3.50. The molecule has 11 heteroatoms. The lowest BCUT2D eigenvalue weighted by atomic mass is 10.1. The van der Waals surface area contributed by atoms with Crippen molar-refractivity contribution >= 4 is 34.5 Å². The number of nitrogens with zero attached hydrogens (tertiary/aromatic N) is 2. The van der Waals surface area contributed by atoms with Crippen molar-refractivity contribution in [2.75, 3.05) is 20.3 Å². The molecule has 1 fully saturated rings. The van der Waals surface area contributed by atoms with E-state index in [2.05, 4.69) is 15.3 Å². The van der Waals surface area contributed by atoms with Gasteiger partial charge in [0.15, 0.2) is 0 Å². The Morgan fingerprint density at radius 3 is 2.58 bits per heavy atom. The van der Waals surface area contributed by atoms with Crippen molar-refractivity contribution in [2.45, 2.75) is 32.0 Å². The first-order chi connectivity index (χ1) is 17.2. The smallest absolute Gasteiger partial charge is 0.325 e. The van der Waals surface area contributed by atoms with Crippen molar-refractivity contribution in [3.05, 3.63) is 68.9 Å². The zero-order valence-electron chi connectivity index (χ0n) is 19.9. The Bertz CT molecular complexity index is 1270. The van der Waals surface area contributed by atoms with Crippen molar-refractivity contribution in [3.8, 4) is 17.0 Å². The summed E-state index contributed by atoms with van der Waals surface area (Å²) in [6.07, 6.45) is -0.604. The van der Waals surface area contributed by atoms with Crippen LogP contribution in [-0.2, 0) is 9.53 Å². The summed E-state index contributed by atoms with van der Waals surface area (Å²) in [5, 5.41) is 11.6. The Morgan fingerprint density at radius 2 is 1.94 bits per heavy atom. The Morgan fingerprint density at radius 1 is 1.22 bits per heavy atom. The van der Waals surface area contributed by atoms with Crippen LogP contribution < -0.4 is 10.1 Å². The first kappa shape index (κ1) is 26.0. The minimum atomic E-state index is -0.903. The largest absolute Gasteiger partial charge is 0.491 e. The lowest BCUT2D eigenvalue weighted by Gasteiger charge is -2.28. The van der Waals surface area contributed by atoms with E-state index in [0.29, 0.717) is 34.1 Å². The van der Waals surface area contributed by atoms with Gasteiger partial charge in [0.05, 0.1) is 24.1 Å². The number of aliphatic hydroxyl groups excluding tert-OH is 1. The number of amides is 3. The van der Waals surface area contributed by atoms with Crippen LogP contribution in [0.3, 0.4) is 0 Å². The van der Waals surface area contributed by atoms with Crippen LogP contribution in [0.2, 0.25) is 0 Å². The standard InChI is InChI=1S/C25H26FIN4O5/c1-13-20(18-9-6-16(27)12-19(18)26)29-23(28-13)22(14(2)35-3)31-24(33)21(30-25(31)34)15-4-7-17(8-5-15)36-11-10-32/h4-9,12,14,21-22,32H,10-11H2,1-3H3,(H,28,29)(H,30,34)/t14-,21-,22+/m1/s1. The van der Waals surface area contributed by atoms with Crippen molar-refractivity contribution < 1.29 is 28.6 Å². The molecule has 0 radical (unpaired) electrons. The highest BCUT2D eigenvalue weighted by molar-refractivity contribution is 14.1. The minimum Gasteiger partial charge on any atom is -0.491 e. The van der Waals surface area contributed by atoms with Crippen LogP contribution in [0.1, 0.15) is 36.1 Å². The van der Waals surface area contributed by atoms with E-state index in [0.717, 1.165) is 8.47 Å². The molecule has 9 nitrogen and oxygen atoms in total. The van der Waals surface area contributed by atoms with Gasteiger partial charge in [0, 0.05) is 16.2 Å². The molecule has 1 saturated heterocycles. The van der Waals surface area contributed by atoms with Crippen LogP contribution in [-0.4, -0.2) is 58.3 Å². The second-order valence-electron chi connectivity index (χ2n) is 8.32. The maximum absolute atomic E-state index is 14.7. The van der Waals surface area contributed by atoms with Gasteiger partial charge in [-0.3, -0.25) is 4.79 Å². The number of urea groups is 1. The first-order valence-electron chi connectivity index (χ1n) is 11.3. The molecule has 2 aromatic carbocycles. The Labute approximate surface area is 221 Å². The number of imidazole rings is 1. The monoisotopic (exact) mass is 608 g/mol. The van der Waals surface area contributed by atoms with Gasteiger partial charge in [-0.15, -0.1) is 0 Å². The molecule has 190 valence electrons. The van der Waals surface area contributed by atoms with Crippen LogP contribution in [0.25, 0.3) is 11.3 Å². The zero-order valence-corrected chi connectivity index (χ0v) is 22.1. The molecule has 0 bridgehead atoms. The summed E-state index contributed by atoms with van der Waals surface area (Å²) in [7, 11) is 1.48. The van der Waals surface area contributed by atoms with E-state index in [-0.39, 0.29) is 13.2 Å². The van der Waals surface area contributed by atoms with Crippen LogP contribution in [0.15, 0.2) is 42.5 Å². The molecule has 3 aromatic rings. The predicted molar refractivity (Wildman–Crippen MR) is 138 cm³/mol. The van der Waals surface area contributed by atoms with Crippen LogP contribution in [0, 0.1) is 16.3 Å². The molecular formula is C25H26FIN4O5. The Hall–Kier alpha value is -3.03. The number of aromatic amines is 1. The number of methoxy groups -OCH3 is 1. The average molecular weight is 608 g/mol.